The summed E-state index contributed by atoms with van der Waals surface area (Å²) in [6, 6.07) is 3.56. The second-order valence-corrected chi connectivity index (χ2v) is 4.88. The minimum atomic E-state index is -2.59. The topological polar surface area (TPSA) is 38.9 Å². The SMILES string of the molecule is NCC1(c2ncccc2Br)CC(F)(F)C1. The predicted octanol–water partition coefficient (Wildman–Crippen LogP) is 2.47. The van der Waals surface area contributed by atoms with Crippen molar-refractivity contribution in [3.05, 3.63) is 28.5 Å². The van der Waals surface area contributed by atoms with E-state index in [1.165, 1.54) is 0 Å². The lowest BCUT2D eigenvalue weighted by Gasteiger charge is -2.46. The minimum absolute atomic E-state index is 0.202. The van der Waals surface area contributed by atoms with Crippen LogP contribution in [0.1, 0.15) is 18.5 Å². The normalized spacial score (nSPS) is 22.1. The molecule has 1 aromatic rings. The van der Waals surface area contributed by atoms with Gasteiger partial charge in [-0.15, -0.1) is 0 Å². The summed E-state index contributed by atoms with van der Waals surface area (Å²) in [6.45, 7) is 0.207. The maximum absolute atomic E-state index is 12.9. The zero-order valence-corrected chi connectivity index (χ0v) is 9.60. The van der Waals surface area contributed by atoms with Crippen LogP contribution in [0.4, 0.5) is 8.78 Å². The van der Waals surface area contributed by atoms with Crippen LogP contribution in [-0.4, -0.2) is 17.5 Å². The number of hydrogen-bond donors (Lipinski definition) is 1. The Hall–Kier alpha value is -0.550. The smallest absolute Gasteiger partial charge is 0.250 e. The van der Waals surface area contributed by atoms with Gasteiger partial charge in [0.05, 0.1) is 5.69 Å². The average molecular weight is 277 g/mol. The highest BCUT2D eigenvalue weighted by molar-refractivity contribution is 9.10. The Morgan fingerprint density at radius 1 is 1.47 bits per heavy atom. The molecule has 0 amide bonds. The van der Waals surface area contributed by atoms with Crippen molar-refractivity contribution in [3.63, 3.8) is 0 Å². The van der Waals surface area contributed by atoms with Gasteiger partial charge >= 0.3 is 0 Å². The molecule has 1 fully saturated rings. The summed E-state index contributed by atoms with van der Waals surface area (Å²) in [7, 11) is 0. The molecule has 0 bridgehead atoms. The van der Waals surface area contributed by atoms with Crippen LogP contribution in [0.25, 0.3) is 0 Å². The molecule has 1 heterocycles. The van der Waals surface area contributed by atoms with Crippen molar-refractivity contribution in [2.24, 2.45) is 5.73 Å². The van der Waals surface area contributed by atoms with E-state index in [-0.39, 0.29) is 19.4 Å². The summed E-state index contributed by atoms with van der Waals surface area (Å²) in [4.78, 5) is 4.15. The Kier molecular flexibility index (Phi) is 2.55. The van der Waals surface area contributed by atoms with Gasteiger partial charge in [0, 0.05) is 35.5 Å². The predicted molar refractivity (Wildman–Crippen MR) is 56.9 cm³/mol. The minimum Gasteiger partial charge on any atom is -0.330 e. The second-order valence-electron chi connectivity index (χ2n) is 4.03. The first-order chi connectivity index (χ1) is 6.99. The summed E-state index contributed by atoms with van der Waals surface area (Å²) < 4.78 is 26.6. The van der Waals surface area contributed by atoms with Crippen LogP contribution in [0.15, 0.2) is 22.8 Å². The summed E-state index contributed by atoms with van der Waals surface area (Å²) in [6.07, 6.45) is 1.20. The van der Waals surface area contributed by atoms with Crippen LogP contribution in [0.5, 0.6) is 0 Å². The number of hydrogen-bond acceptors (Lipinski definition) is 2. The van der Waals surface area contributed by atoms with Gasteiger partial charge in [0.15, 0.2) is 0 Å². The van der Waals surface area contributed by atoms with Crippen molar-refractivity contribution < 1.29 is 8.78 Å². The molecule has 1 aliphatic carbocycles. The first-order valence-corrected chi connectivity index (χ1v) is 5.47. The largest absolute Gasteiger partial charge is 0.330 e. The van der Waals surface area contributed by atoms with E-state index in [1.807, 2.05) is 0 Å². The third kappa shape index (κ3) is 1.78. The quantitative estimate of drug-likeness (QED) is 0.901. The third-order valence-corrected chi connectivity index (χ3v) is 3.49. The van der Waals surface area contributed by atoms with Gasteiger partial charge in [-0.25, -0.2) is 8.78 Å². The second kappa shape index (κ2) is 3.49. The lowest BCUT2D eigenvalue weighted by atomic mass is 9.64. The Bertz CT molecular complexity index is 373. The van der Waals surface area contributed by atoms with E-state index in [4.69, 9.17) is 5.73 Å². The lowest BCUT2D eigenvalue weighted by molar-refractivity contribution is -0.125. The molecule has 15 heavy (non-hydrogen) atoms. The lowest BCUT2D eigenvalue weighted by Crippen LogP contribution is -2.54. The molecule has 2 nitrogen and oxygen atoms in total. The van der Waals surface area contributed by atoms with Crippen LogP contribution < -0.4 is 5.73 Å². The molecule has 1 aliphatic rings. The van der Waals surface area contributed by atoms with Crippen LogP contribution >= 0.6 is 15.9 Å². The molecule has 82 valence electrons. The highest BCUT2D eigenvalue weighted by Gasteiger charge is 2.57. The van der Waals surface area contributed by atoms with Gasteiger partial charge < -0.3 is 5.73 Å². The molecule has 0 saturated heterocycles. The van der Waals surface area contributed by atoms with Crippen LogP contribution in [0.2, 0.25) is 0 Å². The Labute approximate surface area is 95.0 Å². The molecule has 0 aromatic carbocycles. The first-order valence-electron chi connectivity index (χ1n) is 4.68. The molecular formula is C10H11BrF2N2. The molecule has 2 N–H and O–H groups in total. The summed E-state index contributed by atoms with van der Waals surface area (Å²) in [5, 5.41) is 0. The summed E-state index contributed by atoms with van der Waals surface area (Å²) >= 11 is 3.32. The van der Waals surface area contributed by atoms with E-state index in [9.17, 15) is 8.78 Å². The van der Waals surface area contributed by atoms with Crippen molar-refractivity contribution in [1.29, 1.82) is 0 Å². The van der Waals surface area contributed by atoms with E-state index < -0.39 is 11.3 Å². The van der Waals surface area contributed by atoms with Gasteiger partial charge in [0.25, 0.3) is 0 Å². The van der Waals surface area contributed by atoms with E-state index in [0.717, 1.165) is 4.47 Å². The van der Waals surface area contributed by atoms with E-state index >= 15 is 0 Å². The third-order valence-electron chi connectivity index (χ3n) is 2.85. The molecular weight excluding hydrogens is 266 g/mol. The number of halogens is 3. The number of nitrogens with two attached hydrogens (primary N) is 1. The molecule has 0 atom stereocenters. The van der Waals surface area contributed by atoms with Crippen molar-refractivity contribution >= 4 is 15.9 Å². The number of aromatic nitrogens is 1. The fourth-order valence-corrected chi connectivity index (χ4v) is 2.80. The van der Waals surface area contributed by atoms with Gasteiger partial charge in [0.2, 0.25) is 5.92 Å². The molecule has 1 aromatic heterocycles. The van der Waals surface area contributed by atoms with Gasteiger partial charge in [-0.3, -0.25) is 4.98 Å². The van der Waals surface area contributed by atoms with E-state index in [0.29, 0.717) is 5.69 Å². The Morgan fingerprint density at radius 3 is 2.60 bits per heavy atom. The monoisotopic (exact) mass is 276 g/mol. The first kappa shape index (κ1) is 11.0. The summed E-state index contributed by atoms with van der Waals surface area (Å²) in [5.41, 5.74) is 5.60. The number of pyridine rings is 1. The molecule has 5 heteroatoms. The molecule has 0 radical (unpaired) electrons. The standard InChI is InChI=1S/C10H11BrF2N2/c11-7-2-1-3-15-8(7)9(6-14)4-10(12,13)5-9/h1-3H,4-6,14H2. The molecule has 0 unspecified atom stereocenters. The highest BCUT2D eigenvalue weighted by atomic mass is 79.9. The van der Waals surface area contributed by atoms with E-state index in [2.05, 4.69) is 20.9 Å². The van der Waals surface area contributed by atoms with Crippen molar-refractivity contribution in [2.75, 3.05) is 6.54 Å². The van der Waals surface area contributed by atoms with Crippen LogP contribution in [0, 0.1) is 0 Å². The number of alkyl halides is 2. The van der Waals surface area contributed by atoms with Crippen molar-refractivity contribution in [2.45, 2.75) is 24.2 Å². The van der Waals surface area contributed by atoms with Crippen LogP contribution in [0.3, 0.4) is 0 Å². The fraction of sp³-hybridized carbons (Fsp3) is 0.500. The zero-order valence-electron chi connectivity index (χ0n) is 8.01. The van der Waals surface area contributed by atoms with Gasteiger partial charge in [0.1, 0.15) is 0 Å². The summed E-state index contributed by atoms with van der Waals surface area (Å²) in [5.74, 6) is -2.59. The van der Waals surface area contributed by atoms with E-state index in [1.54, 1.807) is 18.3 Å². The van der Waals surface area contributed by atoms with Gasteiger partial charge in [-0.2, -0.15) is 0 Å². The average Bonchev–Trinajstić information content (AvgIpc) is 2.14. The maximum Gasteiger partial charge on any atom is 0.250 e. The molecule has 0 aliphatic heterocycles. The number of rotatable bonds is 2. The Balaban J connectivity index is 2.34. The maximum atomic E-state index is 12.9. The molecule has 2 rings (SSSR count). The van der Waals surface area contributed by atoms with Crippen LogP contribution in [-0.2, 0) is 5.41 Å². The van der Waals surface area contributed by atoms with Crippen molar-refractivity contribution in [3.8, 4) is 0 Å². The highest BCUT2D eigenvalue weighted by Crippen LogP contribution is 2.53. The fourth-order valence-electron chi connectivity index (χ4n) is 2.12. The molecule has 1 saturated carbocycles. The van der Waals surface area contributed by atoms with Gasteiger partial charge in [-0.1, -0.05) is 0 Å². The number of nitrogens with zero attached hydrogens (tertiary/aromatic N) is 1. The Morgan fingerprint density at radius 2 is 2.13 bits per heavy atom. The van der Waals surface area contributed by atoms with Gasteiger partial charge in [-0.05, 0) is 28.1 Å². The van der Waals surface area contributed by atoms with Crippen molar-refractivity contribution in [1.82, 2.24) is 4.98 Å². The molecule has 0 spiro atoms. The zero-order chi connectivity index (χ0) is 11.1.